The van der Waals surface area contributed by atoms with E-state index in [0.29, 0.717) is 5.56 Å². The third-order valence-electron chi connectivity index (χ3n) is 4.52. The Morgan fingerprint density at radius 3 is 1.93 bits per heavy atom. The van der Waals surface area contributed by atoms with Crippen LogP contribution in [0.2, 0.25) is 0 Å². The van der Waals surface area contributed by atoms with E-state index in [1.807, 2.05) is 60.7 Å². The van der Waals surface area contributed by atoms with Crippen molar-refractivity contribution in [1.82, 2.24) is 5.32 Å². The van der Waals surface area contributed by atoms with Crippen LogP contribution in [0.1, 0.15) is 22.6 Å². The maximum Gasteiger partial charge on any atom is 0.240 e. The van der Waals surface area contributed by atoms with Gasteiger partial charge in [-0.1, -0.05) is 72.8 Å². The van der Waals surface area contributed by atoms with Gasteiger partial charge in [-0.25, -0.2) is 4.39 Å². The number of hydrogen-bond donors (Lipinski definition) is 2. The molecule has 3 aromatic rings. The van der Waals surface area contributed by atoms with E-state index in [9.17, 15) is 14.0 Å². The van der Waals surface area contributed by atoms with Gasteiger partial charge in [-0.3, -0.25) is 9.59 Å². The Morgan fingerprint density at radius 2 is 1.43 bits per heavy atom. The highest BCUT2D eigenvalue weighted by Gasteiger charge is 2.27. The fourth-order valence-electron chi connectivity index (χ4n) is 3.16. The monoisotopic (exact) mass is 376 g/mol. The first-order chi connectivity index (χ1) is 13.5. The second-order valence-corrected chi connectivity index (χ2v) is 6.55. The van der Waals surface area contributed by atoms with Crippen molar-refractivity contribution in [2.24, 2.45) is 5.73 Å². The van der Waals surface area contributed by atoms with Gasteiger partial charge in [0.25, 0.3) is 0 Å². The summed E-state index contributed by atoms with van der Waals surface area (Å²) in [5.41, 5.74) is 7.70. The second-order valence-electron chi connectivity index (χ2n) is 6.55. The molecule has 3 N–H and O–H groups in total. The lowest BCUT2D eigenvalue weighted by molar-refractivity contribution is -0.127. The molecule has 3 rings (SSSR count). The van der Waals surface area contributed by atoms with Crippen LogP contribution in [0, 0.1) is 5.82 Å². The number of carbonyl (C=O) groups excluding carboxylic acids is 2. The van der Waals surface area contributed by atoms with Gasteiger partial charge < -0.3 is 11.1 Å². The number of hydrogen-bond acceptors (Lipinski definition) is 2. The van der Waals surface area contributed by atoms with Crippen LogP contribution in [0.15, 0.2) is 84.9 Å². The first kappa shape index (κ1) is 19.3. The Hall–Kier alpha value is -3.47. The molecule has 0 heterocycles. The Bertz CT molecular complexity index is 906. The van der Waals surface area contributed by atoms with Gasteiger partial charge in [0.05, 0.1) is 5.92 Å². The smallest absolute Gasteiger partial charge is 0.240 e. The van der Waals surface area contributed by atoms with Gasteiger partial charge in [0.1, 0.15) is 11.9 Å². The van der Waals surface area contributed by atoms with Gasteiger partial charge in [0.15, 0.2) is 0 Å². The summed E-state index contributed by atoms with van der Waals surface area (Å²) in [5.74, 6) is -2.00. The summed E-state index contributed by atoms with van der Waals surface area (Å²) < 4.78 is 13.4. The lowest BCUT2D eigenvalue weighted by Crippen LogP contribution is -2.47. The molecule has 0 fully saturated rings. The minimum absolute atomic E-state index is 0.120. The number of carbonyl (C=O) groups is 2. The third-order valence-corrected chi connectivity index (χ3v) is 4.52. The Kier molecular flexibility index (Phi) is 6.17. The molecule has 4 nitrogen and oxygen atoms in total. The highest BCUT2D eigenvalue weighted by atomic mass is 19.1. The van der Waals surface area contributed by atoms with E-state index in [-0.39, 0.29) is 12.3 Å². The minimum atomic E-state index is -0.941. The summed E-state index contributed by atoms with van der Waals surface area (Å²) in [6, 6.07) is 23.6. The predicted molar refractivity (Wildman–Crippen MR) is 106 cm³/mol. The van der Waals surface area contributed by atoms with Crippen LogP contribution in [0.5, 0.6) is 0 Å². The van der Waals surface area contributed by atoms with Crippen molar-refractivity contribution < 1.29 is 14.0 Å². The molecule has 28 heavy (non-hydrogen) atoms. The van der Waals surface area contributed by atoms with E-state index >= 15 is 0 Å². The number of amides is 2. The van der Waals surface area contributed by atoms with Crippen LogP contribution in [-0.4, -0.2) is 17.9 Å². The number of benzene rings is 3. The van der Waals surface area contributed by atoms with Gasteiger partial charge in [0, 0.05) is 6.42 Å². The van der Waals surface area contributed by atoms with Gasteiger partial charge >= 0.3 is 0 Å². The first-order valence-corrected chi connectivity index (χ1v) is 8.98. The molecule has 0 unspecified atom stereocenters. The average molecular weight is 376 g/mol. The van der Waals surface area contributed by atoms with E-state index in [0.717, 1.165) is 11.1 Å². The molecule has 0 aliphatic carbocycles. The molecule has 0 bridgehead atoms. The van der Waals surface area contributed by atoms with Gasteiger partial charge in [-0.2, -0.15) is 0 Å². The number of primary amides is 1. The van der Waals surface area contributed by atoms with Crippen LogP contribution in [-0.2, 0) is 16.0 Å². The molecule has 0 aromatic heterocycles. The van der Waals surface area contributed by atoms with Crippen LogP contribution in [0.3, 0.4) is 0 Å². The fourth-order valence-corrected chi connectivity index (χ4v) is 3.16. The normalized spacial score (nSPS) is 11.8. The van der Waals surface area contributed by atoms with E-state index < -0.39 is 23.7 Å². The maximum absolute atomic E-state index is 13.4. The highest BCUT2D eigenvalue weighted by molar-refractivity contribution is 5.92. The summed E-state index contributed by atoms with van der Waals surface area (Å²) in [6.07, 6.45) is 0.120. The zero-order valence-electron chi connectivity index (χ0n) is 15.2. The molecule has 0 radical (unpaired) electrons. The van der Waals surface area contributed by atoms with E-state index in [4.69, 9.17) is 5.73 Å². The quantitative estimate of drug-likeness (QED) is 0.665. The molecule has 3 aromatic carbocycles. The molecule has 0 saturated heterocycles. The van der Waals surface area contributed by atoms with Crippen LogP contribution in [0.4, 0.5) is 4.39 Å². The van der Waals surface area contributed by atoms with Crippen molar-refractivity contribution in [2.45, 2.75) is 18.4 Å². The van der Waals surface area contributed by atoms with Crippen molar-refractivity contribution in [3.8, 4) is 0 Å². The standard InChI is InChI=1S/C23H21FN2O2/c24-19-13-7-8-16(14-19)15-20(22(25)27)26-23(28)21(17-9-3-1-4-10-17)18-11-5-2-6-12-18/h1-14,20-21H,15H2,(H2,25,27)(H,26,28)/t20-/m0/s1. The van der Waals surface area contributed by atoms with Gasteiger partial charge in [0.2, 0.25) is 11.8 Å². The van der Waals surface area contributed by atoms with Crippen molar-refractivity contribution in [2.75, 3.05) is 0 Å². The van der Waals surface area contributed by atoms with Crippen LogP contribution in [0.25, 0.3) is 0 Å². The fraction of sp³-hybridized carbons (Fsp3) is 0.130. The van der Waals surface area contributed by atoms with Crippen molar-refractivity contribution in [3.05, 3.63) is 107 Å². The third kappa shape index (κ3) is 4.82. The Morgan fingerprint density at radius 1 is 0.857 bits per heavy atom. The van der Waals surface area contributed by atoms with E-state index in [1.54, 1.807) is 12.1 Å². The van der Waals surface area contributed by atoms with Crippen LogP contribution >= 0.6 is 0 Å². The Balaban J connectivity index is 1.86. The lowest BCUT2D eigenvalue weighted by Gasteiger charge is -2.22. The molecule has 0 spiro atoms. The zero-order valence-corrected chi connectivity index (χ0v) is 15.2. The largest absolute Gasteiger partial charge is 0.368 e. The molecule has 0 aliphatic heterocycles. The summed E-state index contributed by atoms with van der Waals surface area (Å²) in [6.45, 7) is 0. The SMILES string of the molecule is NC(=O)[C@H](Cc1cccc(F)c1)NC(=O)C(c1ccccc1)c1ccccc1. The number of nitrogens with two attached hydrogens (primary N) is 1. The molecule has 1 atom stereocenters. The first-order valence-electron chi connectivity index (χ1n) is 8.98. The Labute approximate surface area is 163 Å². The summed E-state index contributed by atoms with van der Waals surface area (Å²) in [4.78, 5) is 25.1. The molecular formula is C23H21FN2O2. The number of rotatable bonds is 7. The number of halogens is 1. The highest BCUT2D eigenvalue weighted by Crippen LogP contribution is 2.25. The summed E-state index contributed by atoms with van der Waals surface area (Å²) in [5, 5.41) is 2.75. The second kappa shape index (κ2) is 8.95. The maximum atomic E-state index is 13.4. The minimum Gasteiger partial charge on any atom is -0.368 e. The topological polar surface area (TPSA) is 72.2 Å². The van der Waals surface area contributed by atoms with Crippen molar-refractivity contribution in [3.63, 3.8) is 0 Å². The van der Waals surface area contributed by atoms with Crippen LogP contribution < -0.4 is 11.1 Å². The van der Waals surface area contributed by atoms with Gasteiger partial charge in [-0.15, -0.1) is 0 Å². The summed E-state index contributed by atoms with van der Waals surface area (Å²) in [7, 11) is 0. The predicted octanol–water partition coefficient (Wildman–Crippen LogP) is 3.17. The molecule has 2 amide bonds. The van der Waals surface area contributed by atoms with E-state index in [2.05, 4.69) is 5.32 Å². The van der Waals surface area contributed by atoms with Gasteiger partial charge in [-0.05, 0) is 28.8 Å². The molecule has 0 saturated carbocycles. The van der Waals surface area contributed by atoms with Crippen molar-refractivity contribution in [1.29, 1.82) is 0 Å². The number of nitrogens with one attached hydrogen (secondary N) is 1. The lowest BCUT2D eigenvalue weighted by atomic mass is 9.90. The average Bonchev–Trinajstić information content (AvgIpc) is 2.69. The van der Waals surface area contributed by atoms with Crippen molar-refractivity contribution >= 4 is 11.8 Å². The molecule has 5 heteroatoms. The molecular weight excluding hydrogens is 355 g/mol. The molecule has 0 aliphatic rings. The molecule has 142 valence electrons. The summed E-state index contributed by atoms with van der Waals surface area (Å²) >= 11 is 0. The zero-order chi connectivity index (χ0) is 19.9. The van der Waals surface area contributed by atoms with E-state index in [1.165, 1.54) is 12.1 Å².